The largest absolute Gasteiger partial charge is 0.497 e. The molecule has 200 valence electrons. The highest BCUT2D eigenvalue weighted by atomic mass is 16.5. The number of rotatable bonds is 8. The normalized spacial score (nSPS) is 17.6. The van der Waals surface area contributed by atoms with E-state index in [0.29, 0.717) is 31.0 Å². The molecule has 0 aliphatic carbocycles. The molecule has 8 nitrogen and oxygen atoms in total. The van der Waals surface area contributed by atoms with Gasteiger partial charge in [0.15, 0.2) is 0 Å². The highest BCUT2D eigenvalue weighted by Gasteiger charge is 2.51. The van der Waals surface area contributed by atoms with Crippen molar-refractivity contribution in [3.8, 4) is 11.8 Å². The zero-order valence-electron chi connectivity index (χ0n) is 22.3. The van der Waals surface area contributed by atoms with E-state index < -0.39 is 17.6 Å². The van der Waals surface area contributed by atoms with Gasteiger partial charge in [0, 0.05) is 42.3 Å². The fraction of sp³-hybridized carbons (Fsp3) is 0.258. The van der Waals surface area contributed by atoms with Gasteiger partial charge < -0.3 is 19.5 Å². The number of aromatic nitrogens is 2. The molecular weight excluding hydrogens is 492 g/mol. The highest BCUT2D eigenvalue weighted by molar-refractivity contribution is 5.78. The molecule has 0 fully saturated rings. The Balaban J connectivity index is 1.65. The first-order valence-electron chi connectivity index (χ1n) is 12.9. The van der Waals surface area contributed by atoms with Crippen molar-refractivity contribution < 1.29 is 19.4 Å². The second-order valence-corrected chi connectivity index (χ2v) is 9.66. The van der Waals surface area contributed by atoms with Crippen LogP contribution in [-0.2, 0) is 16.9 Å². The van der Waals surface area contributed by atoms with Crippen LogP contribution >= 0.6 is 0 Å². The van der Waals surface area contributed by atoms with Crippen molar-refractivity contribution in [1.29, 1.82) is 0 Å². The average molecular weight is 525 g/mol. The second kappa shape index (κ2) is 11.1. The molecular formula is C31H32N4O4. The van der Waals surface area contributed by atoms with Gasteiger partial charge >= 0.3 is 12.0 Å². The van der Waals surface area contributed by atoms with Gasteiger partial charge in [0.25, 0.3) is 0 Å². The van der Waals surface area contributed by atoms with Crippen LogP contribution in [0, 0.1) is 13.8 Å². The standard InChI is InChI=1S/C31H32N4O4/c1-21-19-22(2)34-30(33-21)39-28(29(36)37)31(24-9-5-4-6-10-24)26-11-7-8-12-27(26)35(18-17-32-31)20-23-13-15-25(38-3)16-14-23/h4-16,19,28,32H,17-18,20H2,1-3H3,(H,36,37). The molecule has 0 saturated carbocycles. The number of para-hydroxylation sites is 1. The number of ether oxygens (including phenoxy) is 2. The van der Waals surface area contributed by atoms with Crippen LogP contribution in [0.2, 0.25) is 0 Å². The summed E-state index contributed by atoms with van der Waals surface area (Å²) < 4.78 is 11.5. The van der Waals surface area contributed by atoms with E-state index in [2.05, 4.69) is 20.2 Å². The van der Waals surface area contributed by atoms with Crippen molar-refractivity contribution in [3.05, 3.63) is 113 Å². The molecule has 1 aliphatic rings. The Morgan fingerprint density at radius 3 is 2.33 bits per heavy atom. The number of hydrogen-bond acceptors (Lipinski definition) is 7. The molecule has 2 atom stereocenters. The number of carboxylic acids is 1. The van der Waals surface area contributed by atoms with Gasteiger partial charge in [-0.25, -0.2) is 14.8 Å². The van der Waals surface area contributed by atoms with Crippen LogP contribution in [-0.4, -0.2) is 47.3 Å². The Kier molecular flexibility index (Phi) is 7.47. The molecule has 2 heterocycles. The van der Waals surface area contributed by atoms with E-state index in [1.54, 1.807) is 7.11 Å². The van der Waals surface area contributed by atoms with Crippen molar-refractivity contribution >= 4 is 11.7 Å². The molecule has 0 radical (unpaired) electrons. The molecule has 4 aromatic rings. The Labute approximate surface area is 228 Å². The van der Waals surface area contributed by atoms with Gasteiger partial charge in [0.2, 0.25) is 6.10 Å². The zero-order chi connectivity index (χ0) is 27.4. The van der Waals surface area contributed by atoms with Crippen LogP contribution in [0.5, 0.6) is 11.8 Å². The van der Waals surface area contributed by atoms with Gasteiger partial charge in [-0.15, -0.1) is 0 Å². The molecule has 3 aromatic carbocycles. The van der Waals surface area contributed by atoms with E-state index in [0.717, 1.165) is 28.1 Å². The SMILES string of the molecule is COc1ccc(CN2CCNC(c3ccccc3)(C(Oc3nc(C)cc(C)n3)C(=O)O)c3ccccc32)cc1. The monoisotopic (exact) mass is 524 g/mol. The smallest absolute Gasteiger partial charge is 0.347 e. The molecule has 0 saturated heterocycles. The molecule has 39 heavy (non-hydrogen) atoms. The van der Waals surface area contributed by atoms with Crippen molar-refractivity contribution in [2.45, 2.75) is 32.0 Å². The van der Waals surface area contributed by atoms with Crippen LogP contribution in [0.4, 0.5) is 5.69 Å². The molecule has 1 aromatic heterocycles. The third-order valence-electron chi connectivity index (χ3n) is 7.02. The van der Waals surface area contributed by atoms with Crippen LogP contribution in [0.1, 0.15) is 28.1 Å². The molecule has 2 N–H and O–H groups in total. The number of benzene rings is 3. The quantitative estimate of drug-likeness (QED) is 0.348. The molecule has 0 amide bonds. The molecule has 8 heteroatoms. The lowest BCUT2D eigenvalue weighted by Crippen LogP contribution is -2.58. The maximum Gasteiger partial charge on any atom is 0.347 e. The van der Waals surface area contributed by atoms with Crippen LogP contribution in [0.15, 0.2) is 84.9 Å². The van der Waals surface area contributed by atoms with Crippen LogP contribution in [0.25, 0.3) is 0 Å². The summed E-state index contributed by atoms with van der Waals surface area (Å²) in [6.45, 7) is 5.48. The first-order chi connectivity index (χ1) is 18.9. The minimum atomic E-state index is -1.36. The molecule has 1 aliphatic heterocycles. The van der Waals surface area contributed by atoms with E-state index >= 15 is 0 Å². The lowest BCUT2D eigenvalue weighted by molar-refractivity contribution is -0.149. The number of fused-ring (bicyclic) bond motifs is 1. The van der Waals surface area contributed by atoms with Crippen LogP contribution in [0.3, 0.4) is 0 Å². The zero-order valence-corrected chi connectivity index (χ0v) is 22.3. The van der Waals surface area contributed by atoms with Gasteiger partial charge in [-0.2, -0.15) is 0 Å². The summed E-state index contributed by atoms with van der Waals surface area (Å²) in [5.41, 5.74) is 3.82. The van der Waals surface area contributed by atoms with Crippen molar-refractivity contribution in [3.63, 3.8) is 0 Å². The Morgan fingerprint density at radius 2 is 1.67 bits per heavy atom. The summed E-state index contributed by atoms with van der Waals surface area (Å²) in [7, 11) is 1.65. The Hall–Kier alpha value is -4.43. The van der Waals surface area contributed by atoms with E-state index in [4.69, 9.17) is 9.47 Å². The number of nitrogens with zero attached hydrogens (tertiary/aromatic N) is 3. The maximum absolute atomic E-state index is 13.1. The molecule has 0 bridgehead atoms. The number of aliphatic carboxylic acids is 1. The van der Waals surface area contributed by atoms with Gasteiger partial charge in [-0.3, -0.25) is 5.32 Å². The van der Waals surface area contributed by atoms with Crippen molar-refractivity contribution in [2.24, 2.45) is 0 Å². The Bertz CT molecular complexity index is 1420. The van der Waals surface area contributed by atoms with Gasteiger partial charge in [0.05, 0.1) is 7.11 Å². The van der Waals surface area contributed by atoms with Gasteiger partial charge in [0.1, 0.15) is 11.3 Å². The number of aryl methyl sites for hydroxylation is 2. The van der Waals surface area contributed by atoms with E-state index in [9.17, 15) is 9.90 Å². The third kappa shape index (κ3) is 5.28. The summed E-state index contributed by atoms with van der Waals surface area (Å²) >= 11 is 0. The third-order valence-corrected chi connectivity index (χ3v) is 7.02. The van der Waals surface area contributed by atoms with Gasteiger partial charge in [-0.05, 0) is 49.2 Å². The molecule has 2 unspecified atom stereocenters. The minimum absolute atomic E-state index is 0.0359. The molecule has 5 rings (SSSR count). The minimum Gasteiger partial charge on any atom is -0.497 e. The summed E-state index contributed by atoms with van der Waals surface area (Å²) in [4.78, 5) is 24.1. The van der Waals surface area contributed by atoms with E-state index in [1.165, 1.54) is 0 Å². The highest BCUT2D eigenvalue weighted by Crippen LogP contribution is 2.42. The summed E-state index contributed by atoms with van der Waals surface area (Å²) in [5.74, 6) is -0.317. The van der Waals surface area contributed by atoms with Crippen LogP contribution < -0.4 is 19.7 Å². The topological polar surface area (TPSA) is 96.8 Å². The summed E-state index contributed by atoms with van der Waals surface area (Å²) in [6, 6.07) is 27.4. The first-order valence-corrected chi connectivity index (χ1v) is 12.9. The number of anilines is 1. The fourth-order valence-electron chi connectivity index (χ4n) is 5.32. The number of hydrogen-bond donors (Lipinski definition) is 2. The average Bonchev–Trinajstić information content (AvgIpc) is 3.10. The molecule has 0 spiro atoms. The summed E-state index contributed by atoms with van der Waals surface area (Å²) in [5, 5.41) is 14.3. The lowest BCUT2D eigenvalue weighted by atomic mass is 9.77. The number of carboxylic acid groups (broad SMARTS) is 1. The second-order valence-electron chi connectivity index (χ2n) is 9.66. The first kappa shape index (κ1) is 26.2. The van der Waals surface area contributed by atoms with E-state index in [-0.39, 0.29) is 6.01 Å². The Morgan fingerprint density at radius 1 is 1.00 bits per heavy atom. The maximum atomic E-state index is 13.1. The van der Waals surface area contributed by atoms with Gasteiger partial charge in [-0.1, -0.05) is 60.7 Å². The fourth-order valence-corrected chi connectivity index (χ4v) is 5.32. The predicted octanol–water partition coefficient (Wildman–Crippen LogP) is 4.49. The van der Waals surface area contributed by atoms with E-state index in [1.807, 2.05) is 98.8 Å². The van der Waals surface area contributed by atoms with Crippen molar-refractivity contribution in [1.82, 2.24) is 15.3 Å². The number of nitrogens with one attached hydrogen (secondary N) is 1. The predicted molar refractivity (Wildman–Crippen MR) is 149 cm³/mol. The van der Waals surface area contributed by atoms with Crippen molar-refractivity contribution in [2.75, 3.05) is 25.1 Å². The number of methoxy groups -OCH3 is 1. The number of carbonyl (C=O) groups is 1. The lowest BCUT2D eigenvalue weighted by Gasteiger charge is -2.40. The summed E-state index contributed by atoms with van der Waals surface area (Å²) in [6.07, 6.45) is -1.36.